The van der Waals surface area contributed by atoms with Gasteiger partial charge in [-0.25, -0.2) is 0 Å². The monoisotopic (exact) mass is 310 g/mol. The molecule has 1 amide bonds. The van der Waals surface area contributed by atoms with Crippen molar-refractivity contribution in [2.75, 3.05) is 11.9 Å². The SMILES string of the molecule is Cc1cc(Br)ccc1NC(=O)C1(C)CCCCN1. The van der Waals surface area contributed by atoms with Crippen LogP contribution in [0.2, 0.25) is 0 Å². The Bertz CT molecular complexity index is 453. The van der Waals surface area contributed by atoms with Crippen LogP contribution in [0, 0.1) is 6.92 Å². The predicted molar refractivity (Wildman–Crippen MR) is 77.8 cm³/mol. The molecule has 1 unspecified atom stereocenters. The van der Waals surface area contributed by atoms with Gasteiger partial charge in [0, 0.05) is 10.2 Å². The first-order valence-corrected chi connectivity index (χ1v) is 7.13. The summed E-state index contributed by atoms with van der Waals surface area (Å²) in [6.45, 7) is 4.90. The van der Waals surface area contributed by atoms with Crippen LogP contribution in [0.25, 0.3) is 0 Å². The lowest BCUT2D eigenvalue weighted by Crippen LogP contribution is -2.54. The van der Waals surface area contributed by atoms with E-state index in [2.05, 4.69) is 26.6 Å². The van der Waals surface area contributed by atoms with Crippen molar-refractivity contribution in [1.29, 1.82) is 0 Å². The number of aryl methyl sites for hydroxylation is 1. The molecule has 1 aliphatic heterocycles. The molecule has 0 aliphatic carbocycles. The largest absolute Gasteiger partial charge is 0.324 e. The summed E-state index contributed by atoms with van der Waals surface area (Å²) in [5.41, 5.74) is 1.52. The fourth-order valence-corrected chi connectivity index (χ4v) is 2.75. The molecule has 1 aliphatic rings. The Kier molecular flexibility index (Phi) is 4.07. The molecule has 0 spiro atoms. The summed E-state index contributed by atoms with van der Waals surface area (Å²) < 4.78 is 1.03. The second-order valence-corrected chi connectivity index (χ2v) is 6.05. The van der Waals surface area contributed by atoms with Gasteiger partial charge in [0.1, 0.15) is 0 Å². The number of hydrogen-bond donors (Lipinski definition) is 2. The quantitative estimate of drug-likeness (QED) is 0.880. The zero-order chi connectivity index (χ0) is 13.2. The van der Waals surface area contributed by atoms with Gasteiger partial charge in [-0.3, -0.25) is 4.79 Å². The Labute approximate surface area is 116 Å². The molecule has 2 N–H and O–H groups in total. The number of amides is 1. The average molecular weight is 311 g/mol. The molecule has 3 nitrogen and oxygen atoms in total. The van der Waals surface area contributed by atoms with Crippen LogP contribution in [-0.2, 0) is 4.79 Å². The molecule has 1 fully saturated rings. The van der Waals surface area contributed by atoms with E-state index in [1.54, 1.807) is 0 Å². The van der Waals surface area contributed by atoms with Gasteiger partial charge in [0.25, 0.3) is 0 Å². The standard InChI is InChI=1S/C14H19BrN2O/c1-10-9-11(15)5-6-12(10)17-13(18)14(2)7-3-4-8-16-14/h5-6,9,16H,3-4,7-8H2,1-2H3,(H,17,18). The van der Waals surface area contributed by atoms with E-state index in [9.17, 15) is 4.79 Å². The van der Waals surface area contributed by atoms with Crippen LogP contribution in [0.1, 0.15) is 31.7 Å². The average Bonchev–Trinajstić information content (AvgIpc) is 2.33. The molecular weight excluding hydrogens is 292 g/mol. The van der Waals surface area contributed by atoms with E-state index in [1.165, 1.54) is 0 Å². The molecule has 1 saturated heterocycles. The second kappa shape index (κ2) is 5.41. The molecule has 98 valence electrons. The van der Waals surface area contributed by atoms with E-state index >= 15 is 0 Å². The molecule has 4 heteroatoms. The van der Waals surface area contributed by atoms with Crippen LogP contribution < -0.4 is 10.6 Å². The van der Waals surface area contributed by atoms with Crippen molar-refractivity contribution >= 4 is 27.5 Å². The third-order valence-corrected chi connectivity index (χ3v) is 4.05. The van der Waals surface area contributed by atoms with Gasteiger partial charge < -0.3 is 10.6 Å². The fourth-order valence-electron chi connectivity index (χ4n) is 2.28. The topological polar surface area (TPSA) is 41.1 Å². The highest BCUT2D eigenvalue weighted by atomic mass is 79.9. The van der Waals surface area contributed by atoms with Crippen molar-refractivity contribution in [3.63, 3.8) is 0 Å². The summed E-state index contributed by atoms with van der Waals surface area (Å²) >= 11 is 3.42. The van der Waals surface area contributed by atoms with Crippen molar-refractivity contribution < 1.29 is 4.79 Å². The van der Waals surface area contributed by atoms with Crippen molar-refractivity contribution in [1.82, 2.24) is 5.32 Å². The van der Waals surface area contributed by atoms with Crippen molar-refractivity contribution in [3.05, 3.63) is 28.2 Å². The molecule has 1 heterocycles. The minimum absolute atomic E-state index is 0.0626. The van der Waals surface area contributed by atoms with Crippen LogP contribution in [-0.4, -0.2) is 18.0 Å². The second-order valence-electron chi connectivity index (χ2n) is 5.13. The number of anilines is 1. The number of benzene rings is 1. The minimum Gasteiger partial charge on any atom is -0.324 e. The zero-order valence-electron chi connectivity index (χ0n) is 10.8. The molecule has 2 rings (SSSR count). The van der Waals surface area contributed by atoms with E-state index in [0.717, 1.165) is 41.5 Å². The van der Waals surface area contributed by atoms with Gasteiger partial charge in [-0.05, 0) is 63.4 Å². The van der Waals surface area contributed by atoms with Gasteiger partial charge in [0.15, 0.2) is 0 Å². The molecule has 0 saturated carbocycles. The summed E-state index contributed by atoms with van der Waals surface area (Å²) in [4.78, 5) is 12.3. The number of hydrogen-bond acceptors (Lipinski definition) is 2. The number of rotatable bonds is 2. The van der Waals surface area contributed by atoms with Gasteiger partial charge in [0.2, 0.25) is 5.91 Å². The Hall–Kier alpha value is -0.870. The van der Waals surface area contributed by atoms with E-state index in [0.29, 0.717) is 0 Å². The first kappa shape index (κ1) is 13.6. The zero-order valence-corrected chi connectivity index (χ0v) is 12.4. The van der Waals surface area contributed by atoms with Gasteiger partial charge in [-0.1, -0.05) is 15.9 Å². The first-order chi connectivity index (χ1) is 8.51. The normalized spacial score (nSPS) is 23.7. The molecule has 0 aromatic heterocycles. The van der Waals surface area contributed by atoms with Gasteiger partial charge in [0.05, 0.1) is 5.54 Å². The Balaban J connectivity index is 2.11. The molecule has 1 aromatic rings. The summed E-state index contributed by atoms with van der Waals surface area (Å²) in [5, 5.41) is 6.35. The Morgan fingerprint density at radius 2 is 2.22 bits per heavy atom. The van der Waals surface area contributed by atoms with Crippen LogP contribution in [0.15, 0.2) is 22.7 Å². The predicted octanol–water partition coefficient (Wildman–Crippen LogP) is 3.23. The van der Waals surface area contributed by atoms with E-state index in [4.69, 9.17) is 0 Å². The molecule has 18 heavy (non-hydrogen) atoms. The molecule has 0 bridgehead atoms. The lowest BCUT2D eigenvalue weighted by molar-refractivity contribution is -0.122. The van der Waals surface area contributed by atoms with Crippen LogP contribution in [0.4, 0.5) is 5.69 Å². The lowest BCUT2D eigenvalue weighted by atomic mass is 9.90. The van der Waals surface area contributed by atoms with E-state index in [1.807, 2.05) is 32.0 Å². The third kappa shape index (κ3) is 2.93. The molecule has 1 aromatic carbocycles. The maximum atomic E-state index is 12.3. The number of nitrogens with one attached hydrogen (secondary N) is 2. The minimum atomic E-state index is -0.433. The van der Waals surface area contributed by atoms with Crippen molar-refractivity contribution in [2.24, 2.45) is 0 Å². The maximum Gasteiger partial charge on any atom is 0.244 e. The third-order valence-electron chi connectivity index (χ3n) is 3.56. The highest BCUT2D eigenvalue weighted by Gasteiger charge is 2.34. The summed E-state index contributed by atoms with van der Waals surface area (Å²) in [5.74, 6) is 0.0626. The number of halogens is 1. The lowest BCUT2D eigenvalue weighted by Gasteiger charge is -2.33. The van der Waals surface area contributed by atoms with E-state index in [-0.39, 0.29) is 5.91 Å². The van der Waals surface area contributed by atoms with E-state index < -0.39 is 5.54 Å². The van der Waals surface area contributed by atoms with Crippen LogP contribution in [0.3, 0.4) is 0 Å². The number of carbonyl (C=O) groups excluding carboxylic acids is 1. The molecule has 1 atom stereocenters. The maximum absolute atomic E-state index is 12.3. The molecule has 0 radical (unpaired) electrons. The van der Waals surface area contributed by atoms with Crippen molar-refractivity contribution in [3.8, 4) is 0 Å². The summed E-state index contributed by atoms with van der Waals surface area (Å²) in [7, 11) is 0. The van der Waals surface area contributed by atoms with Crippen LogP contribution >= 0.6 is 15.9 Å². The van der Waals surface area contributed by atoms with Gasteiger partial charge >= 0.3 is 0 Å². The summed E-state index contributed by atoms with van der Waals surface area (Å²) in [6.07, 6.45) is 3.16. The number of carbonyl (C=O) groups is 1. The van der Waals surface area contributed by atoms with Gasteiger partial charge in [-0.2, -0.15) is 0 Å². The first-order valence-electron chi connectivity index (χ1n) is 6.34. The Morgan fingerprint density at radius 1 is 1.44 bits per heavy atom. The fraction of sp³-hybridized carbons (Fsp3) is 0.500. The Morgan fingerprint density at radius 3 is 2.83 bits per heavy atom. The highest BCUT2D eigenvalue weighted by Crippen LogP contribution is 2.24. The number of piperidine rings is 1. The smallest absolute Gasteiger partial charge is 0.244 e. The highest BCUT2D eigenvalue weighted by molar-refractivity contribution is 9.10. The molecular formula is C14H19BrN2O. The van der Waals surface area contributed by atoms with Gasteiger partial charge in [-0.15, -0.1) is 0 Å². The summed E-state index contributed by atoms with van der Waals surface area (Å²) in [6, 6.07) is 5.88. The van der Waals surface area contributed by atoms with Crippen molar-refractivity contribution in [2.45, 2.75) is 38.6 Å². The van der Waals surface area contributed by atoms with Crippen LogP contribution in [0.5, 0.6) is 0 Å².